The van der Waals surface area contributed by atoms with Crippen LogP contribution in [0.4, 0.5) is 8.78 Å². The van der Waals surface area contributed by atoms with Gasteiger partial charge in [0, 0.05) is 25.2 Å². The quantitative estimate of drug-likeness (QED) is 0.392. The van der Waals surface area contributed by atoms with Crippen LogP contribution in [0.1, 0.15) is 22.0 Å². The average Bonchev–Trinajstić information content (AvgIpc) is 3.40. The molecule has 0 saturated carbocycles. The van der Waals surface area contributed by atoms with Crippen LogP contribution in [0, 0.1) is 11.6 Å². The SMILES string of the molecule is O=C(NCC(c1cccc(F)c1)N1CCOCC1)c1ccccc1-c1ncc(-c2ccccc2F)o1. The Labute approximate surface area is 207 Å². The van der Waals surface area contributed by atoms with Gasteiger partial charge in [0.05, 0.1) is 36.6 Å². The van der Waals surface area contributed by atoms with Gasteiger partial charge in [-0.15, -0.1) is 0 Å². The molecule has 184 valence electrons. The molecule has 8 heteroatoms. The van der Waals surface area contributed by atoms with Gasteiger partial charge in [0.15, 0.2) is 5.76 Å². The third kappa shape index (κ3) is 5.19. The van der Waals surface area contributed by atoms with Crippen molar-refractivity contribution in [1.82, 2.24) is 15.2 Å². The molecule has 0 radical (unpaired) electrons. The summed E-state index contributed by atoms with van der Waals surface area (Å²) >= 11 is 0. The summed E-state index contributed by atoms with van der Waals surface area (Å²) in [5, 5.41) is 3.00. The van der Waals surface area contributed by atoms with Gasteiger partial charge < -0.3 is 14.5 Å². The van der Waals surface area contributed by atoms with Crippen LogP contribution in [0.3, 0.4) is 0 Å². The molecule has 1 unspecified atom stereocenters. The summed E-state index contributed by atoms with van der Waals surface area (Å²) in [6.45, 7) is 2.81. The van der Waals surface area contributed by atoms with E-state index >= 15 is 0 Å². The molecule has 1 aromatic heterocycles. The number of nitrogens with zero attached hydrogens (tertiary/aromatic N) is 2. The molecule has 1 N–H and O–H groups in total. The molecule has 5 rings (SSSR count). The van der Waals surface area contributed by atoms with Crippen LogP contribution in [-0.2, 0) is 4.74 Å². The van der Waals surface area contributed by atoms with Crippen molar-refractivity contribution < 1.29 is 22.7 Å². The molecular formula is C28H25F2N3O3. The van der Waals surface area contributed by atoms with E-state index in [0.717, 1.165) is 5.56 Å². The van der Waals surface area contributed by atoms with Crippen LogP contribution >= 0.6 is 0 Å². The second-order valence-corrected chi connectivity index (χ2v) is 8.48. The second kappa shape index (κ2) is 10.8. The Bertz CT molecular complexity index is 1350. The number of ether oxygens (including phenoxy) is 1. The van der Waals surface area contributed by atoms with E-state index in [9.17, 15) is 13.6 Å². The Morgan fingerprint density at radius 1 is 0.972 bits per heavy atom. The molecule has 0 aliphatic carbocycles. The number of carbonyl (C=O) groups excluding carboxylic acids is 1. The van der Waals surface area contributed by atoms with Crippen molar-refractivity contribution in [3.63, 3.8) is 0 Å². The van der Waals surface area contributed by atoms with E-state index in [4.69, 9.17) is 9.15 Å². The maximum Gasteiger partial charge on any atom is 0.252 e. The number of benzene rings is 3. The van der Waals surface area contributed by atoms with Crippen molar-refractivity contribution in [2.45, 2.75) is 6.04 Å². The Morgan fingerprint density at radius 3 is 2.50 bits per heavy atom. The summed E-state index contributed by atoms with van der Waals surface area (Å²) in [4.78, 5) is 19.8. The molecule has 6 nitrogen and oxygen atoms in total. The predicted octanol–water partition coefficient (Wildman–Crippen LogP) is 5.09. The molecule has 1 atom stereocenters. The van der Waals surface area contributed by atoms with E-state index in [2.05, 4.69) is 15.2 Å². The number of aromatic nitrogens is 1. The molecule has 1 saturated heterocycles. The highest BCUT2D eigenvalue weighted by Gasteiger charge is 2.25. The first kappa shape index (κ1) is 23.8. The Hall–Kier alpha value is -3.88. The number of nitrogens with one attached hydrogen (secondary N) is 1. The molecule has 1 aliphatic rings. The molecule has 1 amide bonds. The zero-order valence-corrected chi connectivity index (χ0v) is 19.5. The van der Waals surface area contributed by atoms with Crippen molar-refractivity contribution in [2.75, 3.05) is 32.8 Å². The number of morpholine rings is 1. The third-order valence-corrected chi connectivity index (χ3v) is 6.22. The summed E-state index contributed by atoms with van der Waals surface area (Å²) in [5.41, 5.74) is 1.94. The average molecular weight is 490 g/mol. The first-order chi connectivity index (χ1) is 17.6. The lowest BCUT2D eigenvalue weighted by Crippen LogP contribution is -2.43. The van der Waals surface area contributed by atoms with E-state index in [0.29, 0.717) is 43.0 Å². The summed E-state index contributed by atoms with van der Waals surface area (Å²) in [6.07, 6.45) is 1.45. The van der Waals surface area contributed by atoms with Gasteiger partial charge in [-0.2, -0.15) is 0 Å². The standard InChI is InChI=1S/C28H25F2N3O3/c29-20-7-5-6-19(16-20)25(33-12-14-35-15-13-33)17-31-27(34)21-8-1-2-9-22(21)28-32-18-26(36-28)23-10-3-4-11-24(23)30/h1-11,16,18,25H,12-15,17H2,(H,31,34). The van der Waals surface area contributed by atoms with Crippen LogP contribution in [-0.4, -0.2) is 48.6 Å². The summed E-state index contributed by atoms with van der Waals surface area (Å²) in [7, 11) is 0. The van der Waals surface area contributed by atoms with Crippen molar-refractivity contribution in [2.24, 2.45) is 0 Å². The lowest BCUT2D eigenvalue weighted by atomic mass is 10.0. The van der Waals surface area contributed by atoms with Crippen LogP contribution in [0.25, 0.3) is 22.8 Å². The third-order valence-electron chi connectivity index (χ3n) is 6.22. The summed E-state index contributed by atoms with van der Waals surface area (Å²) in [6, 6.07) is 19.4. The molecule has 0 bridgehead atoms. The van der Waals surface area contributed by atoms with E-state index in [1.54, 1.807) is 48.5 Å². The minimum absolute atomic E-state index is 0.213. The Kier molecular flexibility index (Phi) is 7.16. The molecule has 2 heterocycles. The van der Waals surface area contributed by atoms with Gasteiger partial charge in [-0.05, 0) is 42.0 Å². The van der Waals surface area contributed by atoms with Crippen molar-refractivity contribution in [1.29, 1.82) is 0 Å². The monoisotopic (exact) mass is 489 g/mol. The van der Waals surface area contributed by atoms with Gasteiger partial charge in [0.2, 0.25) is 5.89 Å². The predicted molar refractivity (Wildman–Crippen MR) is 131 cm³/mol. The minimum atomic E-state index is -0.419. The van der Waals surface area contributed by atoms with Gasteiger partial charge >= 0.3 is 0 Å². The van der Waals surface area contributed by atoms with Crippen molar-refractivity contribution in [3.8, 4) is 22.8 Å². The van der Waals surface area contributed by atoms with Crippen molar-refractivity contribution in [3.05, 3.63) is 102 Å². The fourth-order valence-corrected chi connectivity index (χ4v) is 4.40. The lowest BCUT2D eigenvalue weighted by molar-refractivity contribution is 0.0162. The fraction of sp³-hybridized carbons (Fsp3) is 0.214. The number of oxazole rings is 1. The van der Waals surface area contributed by atoms with E-state index < -0.39 is 5.82 Å². The molecule has 36 heavy (non-hydrogen) atoms. The molecule has 4 aromatic rings. The van der Waals surface area contributed by atoms with Crippen LogP contribution in [0.2, 0.25) is 0 Å². The Morgan fingerprint density at radius 2 is 1.72 bits per heavy atom. The van der Waals surface area contributed by atoms with Gasteiger partial charge in [0.25, 0.3) is 5.91 Å². The Balaban J connectivity index is 1.37. The number of halogens is 2. The van der Waals surface area contributed by atoms with E-state index in [-0.39, 0.29) is 36.0 Å². The molecule has 0 spiro atoms. The smallest absolute Gasteiger partial charge is 0.252 e. The van der Waals surface area contributed by atoms with E-state index in [1.807, 2.05) is 6.07 Å². The highest BCUT2D eigenvalue weighted by Crippen LogP contribution is 2.30. The van der Waals surface area contributed by atoms with Crippen molar-refractivity contribution >= 4 is 5.91 Å². The van der Waals surface area contributed by atoms with Gasteiger partial charge in [0.1, 0.15) is 11.6 Å². The first-order valence-corrected chi connectivity index (χ1v) is 11.8. The molecule has 1 aliphatic heterocycles. The topological polar surface area (TPSA) is 67.6 Å². The summed E-state index contributed by atoms with van der Waals surface area (Å²) < 4.78 is 39.5. The first-order valence-electron chi connectivity index (χ1n) is 11.8. The molecule has 3 aromatic carbocycles. The maximum absolute atomic E-state index is 14.2. The molecule has 1 fully saturated rings. The normalized spacial score (nSPS) is 14.9. The van der Waals surface area contributed by atoms with Crippen LogP contribution in [0.5, 0.6) is 0 Å². The van der Waals surface area contributed by atoms with Gasteiger partial charge in [-0.3, -0.25) is 9.69 Å². The number of hydrogen-bond acceptors (Lipinski definition) is 5. The van der Waals surface area contributed by atoms with Crippen LogP contribution < -0.4 is 5.32 Å². The number of hydrogen-bond donors (Lipinski definition) is 1. The second-order valence-electron chi connectivity index (χ2n) is 8.48. The summed E-state index contributed by atoms with van der Waals surface area (Å²) in [5.74, 6) is -0.564. The van der Waals surface area contributed by atoms with E-state index in [1.165, 1.54) is 24.4 Å². The lowest BCUT2D eigenvalue weighted by Gasteiger charge is -2.35. The number of amides is 1. The zero-order valence-electron chi connectivity index (χ0n) is 19.5. The molecular weight excluding hydrogens is 464 g/mol. The fourth-order valence-electron chi connectivity index (χ4n) is 4.40. The van der Waals surface area contributed by atoms with Crippen LogP contribution in [0.15, 0.2) is 83.4 Å². The van der Waals surface area contributed by atoms with Gasteiger partial charge in [-0.1, -0.05) is 36.4 Å². The highest BCUT2D eigenvalue weighted by molar-refractivity contribution is 6.00. The zero-order chi connectivity index (χ0) is 24.9. The maximum atomic E-state index is 14.2. The largest absolute Gasteiger partial charge is 0.436 e. The van der Waals surface area contributed by atoms with Gasteiger partial charge in [-0.25, -0.2) is 13.8 Å². The number of carbonyl (C=O) groups is 1. The minimum Gasteiger partial charge on any atom is -0.436 e. The highest BCUT2D eigenvalue weighted by atomic mass is 19.1. The number of rotatable bonds is 7.